The monoisotopic (exact) mass is 285 g/mol. The average Bonchev–Trinajstić information content (AvgIpc) is 2.51. The van der Waals surface area contributed by atoms with E-state index < -0.39 is 31.3 Å². The highest BCUT2D eigenvalue weighted by Crippen LogP contribution is 2.27. The SMILES string of the molecule is COc1ccc(C(=O)NC(CO)(CO)CO)cc1OC. The minimum Gasteiger partial charge on any atom is -0.493 e. The molecule has 112 valence electrons. The highest BCUT2D eigenvalue weighted by atomic mass is 16.5. The molecule has 20 heavy (non-hydrogen) atoms. The maximum atomic E-state index is 12.1. The molecule has 0 aromatic heterocycles. The van der Waals surface area contributed by atoms with Crippen molar-refractivity contribution in [2.45, 2.75) is 5.54 Å². The second-order valence-corrected chi connectivity index (χ2v) is 4.28. The van der Waals surface area contributed by atoms with Crippen molar-refractivity contribution in [1.29, 1.82) is 0 Å². The molecule has 0 spiro atoms. The Morgan fingerprint density at radius 1 is 1.10 bits per heavy atom. The van der Waals surface area contributed by atoms with Crippen LogP contribution in [-0.4, -0.2) is 60.8 Å². The zero-order valence-electron chi connectivity index (χ0n) is 11.4. The van der Waals surface area contributed by atoms with Crippen molar-refractivity contribution in [2.75, 3.05) is 34.0 Å². The number of methoxy groups -OCH3 is 2. The van der Waals surface area contributed by atoms with Gasteiger partial charge in [0.25, 0.3) is 5.91 Å². The number of aliphatic hydroxyl groups excluding tert-OH is 3. The Hall–Kier alpha value is -1.83. The molecule has 0 saturated carbocycles. The van der Waals surface area contributed by atoms with Gasteiger partial charge in [-0.2, -0.15) is 0 Å². The van der Waals surface area contributed by atoms with Crippen molar-refractivity contribution in [3.8, 4) is 11.5 Å². The summed E-state index contributed by atoms with van der Waals surface area (Å²) in [5.41, 5.74) is -1.22. The van der Waals surface area contributed by atoms with Gasteiger partial charge in [0, 0.05) is 5.56 Å². The molecular weight excluding hydrogens is 266 g/mol. The van der Waals surface area contributed by atoms with Gasteiger partial charge in [0.15, 0.2) is 11.5 Å². The predicted octanol–water partition coefficient (Wildman–Crippen LogP) is -0.851. The fraction of sp³-hybridized carbons (Fsp3) is 0.462. The first-order chi connectivity index (χ1) is 9.55. The third-order valence-electron chi connectivity index (χ3n) is 2.93. The molecule has 0 radical (unpaired) electrons. The van der Waals surface area contributed by atoms with Gasteiger partial charge in [-0.25, -0.2) is 0 Å². The number of hydrogen-bond acceptors (Lipinski definition) is 6. The van der Waals surface area contributed by atoms with Crippen molar-refractivity contribution in [3.05, 3.63) is 23.8 Å². The van der Waals surface area contributed by atoms with E-state index in [-0.39, 0.29) is 5.56 Å². The van der Waals surface area contributed by atoms with E-state index in [9.17, 15) is 20.1 Å². The molecule has 4 N–H and O–H groups in total. The van der Waals surface area contributed by atoms with Crippen LogP contribution in [0.3, 0.4) is 0 Å². The summed E-state index contributed by atoms with van der Waals surface area (Å²) in [7, 11) is 2.92. The lowest BCUT2D eigenvalue weighted by Crippen LogP contribution is -2.57. The Kier molecular flexibility index (Phi) is 5.75. The molecule has 1 amide bonds. The number of rotatable bonds is 7. The van der Waals surface area contributed by atoms with E-state index in [4.69, 9.17) is 9.47 Å². The van der Waals surface area contributed by atoms with Gasteiger partial charge >= 0.3 is 0 Å². The molecule has 0 fully saturated rings. The topological polar surface area (TPSA) is 108 Å². The van der Waals surface area contributed by atoms with Crippen molar-refractivity contribution >= 4 is 5.91 Å². The number of nitrogens with one attached hydrogen (secondary N) is 1. The Morgan fingerprint density at radius 3 is 2.10 bits per heavy atom. The van der Waals surface area contributed by atoms with Crippen LogP contribution in [0.1, 0.15) is 10.4 Å². The number of benzene rings is 1. The van der Waals surface area contributed by atoms with Crippen LogP contribution >= 0.6 is 0 Å². The average molecular weight is 285 g/mol. The first-order valence-corrected chi connectivity index (χ1v) is 5.93. The quantitative estimate of drug-likeness (QED) is 0.520. The second kappa shape index (κ2) is 7.09. The van der Waals surface area contributed by atoms with Crippen LogP contribution in [0.15, 0.2) is 18.2 Å². The molecule has 0 bridgehead atoms. The lowest BCUT2D eigenvalue weighted by Gasteiger charge is -2.28. The fourth-order valence-electron chi connectivity index (χ4n) is 1.56. The Morgan fingerprint density at radius 2 is 1.65 bits per heavy atom. The minimum absolute atomic E-state index is 0.252. The van der Waals surface area contributed by atoms with E-state index in [1.807, 2.05) is 0 Å². The Bertz CT molecular complexity index is 450. The van der Waals surface area contributed by atoms with Crippen molar-refractivity contribution in [3.63, 3.8) is 0 Å². The number of hydrogen-bond donors (Lipinski definition) is 4. The van der Waals surface area contributed by atoms with Crippen LogP contribution in [-0.2, 0) is 0 Å². The van der Waals surface area contributed by atoms with Gasteiger partial charge in [-0.05, 0) is 18.2 Å². The molecular formula is C13H19NO6. The lowest BCUT2D eigenvalue weighted by atomic mass is 10.0. The van der Waals surface area contributed by atoms with Crippen LogP contribution in [0, 0.1) is 0 Å². The molecule has 0 saturated heterocycles. The molecule has 0 aliphatic heterocycles. The molecule has 1 aromatic carbocycles. The number of ether oxygens (including phenoxy) is 2. The molecule has 7 heteroatoms. The highest BCUT2D eigenvalue weighted by molar-refractivity contribution is 5.95. The first-order valence-electron chi connectivity index (χ1n) is 5.93. The summed E-state index contributed by atoms with van der Waals surface area (Å²) in [5, 5.41) is 29.9. The van der Waals surface area contributed by atoms with E-state index in [2.05, 4.69) is 5.32 Å². The maximum absolute atomic E-state index is 12.1. The van der Waals surface area contributed by atoms with E-state index in [1.165, 1.54) is 26.4 Å². The summed E-state index contributed by atoms with van der Waals surface area (Å²) >= 11 is 0. The summed E-state index contributed by atoms with van der Waals surface area (Å²) in [4.78, 5) is 12.1. The number of amides is 1. The smallest absolute Gasteiger partial charge is 0.252 e. The maximum Gasteiger partial charge on any atom is 0.252 e. The molecule has 0 aliphatic rings. The predicted molar refractivity (Wildman–Crippen MR) is 71.0 cm³/mol. The lowest BCUT2D eigenvalue weighted by molar-refractivity contribution is 0.0375. The molecule has 7 nitrogen and oxygen atoms in total. The molecule has 1 aromatic rings. The molecule has 0 unspecified atom stereocenters. The van der Waals surface area contributed by atoms with Crippen molar-refractivity contribution in [2.24, 2.45) is 0 Å². The number of carbonyl (C=O) groups excluding carboxylic acids is 1. The van der Waals surface area contributed by atoms with Crippen LogP contribution < -0.4 is 14.8 Å². The zero-order chi connectivity index (χ0) is 15.2. The summed E-state index contributed by atoms with van der Waals surface area (Å²) in [6, 6.07) is 4.53. The highest BCUT2D eigenvalue weighted by Gasteiger charge is 2.30. The van der Waals surface area contributed by atoms with Gasteiger partial charge in [-0.15, -0.1) is 0 Å². The van der Waals surface area contributed by atoms with Crippen LogP contribution in [0.5, 0.6) is 11.5 Å². The zero-order valence-corrected chi connectivity index (χ0v) is 11.4. The standard InChI is InChI=1S/C13H19NO6/c1-19-10-4-3-9(5-11(10)20-2)12(18)14-13(6-15,7-16)8-17/h3-5,15-17H,6-8H2,1-2H3,(H,14,18). The fourth-order valence-corrected chi connectivity index (χ4v) is 1.56. The second-order valence-electron chi connectivity index (χ2n) is 4.28. The summed E-state index contributed by atoms with van der Waals surface area (Å²) in [6.07, 6.45) is 0. The van der Waals surface area contributed by atoms with E-state index in [0.29, 0.717) is 11.5 Å². The number of carbonyl (C=O) groups is 1. The van der Waals surface area contributed by atoms with Gasteiger partial charge in [0.2, 0.25) is 0 Å². The number of aliphatic hydroxyl groups is 3. The van der Waals surface area contributed by atoms with Gasteiger partial charge in [-0.1, -0.05) is 0 Å². The van der Waals surface area contributed by atoms with Crippen LogP contribution in [0.2, 0.25) is 0 Å². The normalized spacial score (nSPS) is 11.1. The van der Waals surface area contributed by atoms with Crippen molar-refractivity contribution in [1.82, 2.24) is 5.32 Å². The van der Waals surface area contributed by atoms with Gasteiger partial charge in [0.05, 0.1) is 34.0 Å². The van der Waals surface area contributed by atoms with E-state index >= 15 is 0 Å². The molecule has 0 heterocycles. The van der Waals surface area contributed by atoms with Gasteiger partial charge in [-0.3, -0.25) is 4.79 Å². The summed E-state index contributed by atoms with van der Waals surface area (Å²) < 4.78 is 10.1. The third-order valence-corrected chi connectivity index (χ3v) is 2.93. The first kappa shape index (κ1) is 16.2. The third kappa shape index (κ3) is 3.38. The Balaban J connectivity index is 2.98. The minimum atomic E-state index is -1.47. The molecule has 1 rings (SSSR count). The van der Waals surface area contributed by atoms with Gasteiger partial charge in [0.1, 0.15) is 5.54 Å². The van der Waals surface area contributed by atoms with Crippen LogP contribution in [0.4, 0.5) is 0 Å². The van der Waals surface area contributed by atoms with Gasteiger partial charge < -0.3 is 30.1 Å². The van der Waals surface area contributed by atoms with E-state index in [0.717, 1.165) is 0 Å². The largest absolute Gasteiger partial charge is 0.493 e. The van der Waals surface area contributed by atoms with Crippen LogP contribution in [0.25, 0.3) is 0 Å². The molecule has 0 aliphatic carbocycles. The Labute approximate surface area is 116 Å². The van der Waals surface area contributed by atoms with Crippen molar-refractivity contribution < 1.29 is 29.6 Å². The van der Waals surface area contributed by atoms with E-state index in [1.54, 1.807) is 6.07 Å². The summed E-state index contributed by atoms with van der Waals surface area (Å²) in [6.45, 7) is -1.75. The molecule has 0 atom stereocenters. The summed E-state index contributed by atoms with van der Waals surface area (Å²) in [5.74, 6) is 0.299.